The fraction of sp³-hybridized carbons (Fsp3) is 0.619. The molecule has 164 valence electrons. The van der Waals surface area contributed by atoms with Crippen LogP contribution in [0.3, 0.4) is 0 Å². The van der Waals surface area contributed by atoms with Crippen LogP contribution in [0.4, 0.5) is 0 Å². The molecule has 1 aliphatic rings. The maximum absolute atomic E-state index is 11.9. The summed E-state index contributed by atoms with van der Waals surface area (Å²) in [6.07, 6.45) is 2.06. The molecule has 1 fully saturated rings. The van der Waals surface area contributed by atoms with Crippen LogP contribution >= 0.6 is 35.6 Å². The van der Waals surface area contributed by atoms with Crippen molar-refractivity contribution in [3.63, 3.8) is 0 Å². The van der Waals surface area contributed by atoms with E-state index in [4.69, 9.17) is 16.3 Å². The van der Waals surface area contributed by atoms with Crippen LogP contribution in [0.2, 0.25) is 5.02 Å². The molecule has 0 bridgehead atoms. The Morgan fingerprint density at radius 2 is 1.86 bits per heavy atom. The summed E-state index contributed by atoms with van der Waals surface area (Å²) in [7, 11) is 0. The van der Waals surface area contributed by atoms with E-state index in [1.54, 1.807) is 0 Å². The number of piperidine rings is 1. The Hall–Kier alpha value is -1.06. The van der Waals surface area contributed by atoms with Gasteiger partial charge >= 0.3 is 5.97 Å². The van der Waals surface area contributed by atoms with Crippen molar-refractivity contribution in [2.24, 2.45) is 4.99 Å². The zero-order valence-corrected chi connectivity index (χ0v) is 20.9. The number of carbonyl (C=O) groups excluding carboxylic acids is 1. The molecule has 1 aliphatic heterocycles. The Labute approximate surface area is 196 Å². The number of benzene rings is 1. The average Bonchev–Trinajstić information content (AvgIpc) is 2.62. The van der Waals surface area contributed by atoms with Gasteiger partial charge in [0.2, 0.25) is 0 Å². The highest BCUT2D eigenvalue weighted by Crippen LogP contribution is 2.16. The average molecular weight is 537 g/mol. The SMILES string of the molecule is CCNC(=NCC(=O)OC(C)(C)C)NC1CCN(Cc2ccc(Cl)cc2)CC1.I. The fourth-order valence-corrected chi connectivity index (χ4v) is 3.24. The van der Waals surface area contributed by atoms with Crippen molar-refractivity contribution < 1.29 is 9.53 Å². The largest absolute Gasteiger partial charge is 0.459 e. The molecular formula is C21H34ClIN4O2. The summed E-state index contributed by atoms with van der Waals surface area (Å²) < 4.78 is 5.32. The lowest BCUT2D eigenvalue weighted by molar-refractivity contribution is -0.152. The third kappa shape index (κ3) is 10.5. The highest BCUT2D eigenvalue weighted by Gasteiger charge is 2.21. The van der Waals surface area contributed by atoms with Gasteiger partial charge in [-0.25, -0.2) is 4.99 Å². The summed E-state index contributed by atoms with van der Waals surface area (Å²) in [6, 6.07) is 8.39. The molecule has 0 spiro atoms. The summed E-state index contributed by atoms with van der Waals surface area (Å²) in [4.78, 5) is 18.7. The minimum Gasteiger partial charge on any atom is -0.459 e. The van der Waals surface area contributed by atoms with E-state index in [1.165, 1.54) is 5.56 Å². The smallest absolute Gasteiger partial charge is 0.328 e. The Kier molecular flexibility index (Phi) is 11.3. The Morgan fingerprint density at radius 1 is 1.24 bits per heavy atom. The molecule has 0 amide bonds. The topological polar surface area (TPSA) is 66.0 Å². The first kappa shape index (κ1) is 26.0. The Morgan fingerprint density at radius 3 is 2.41 bits per heavy atom. The standard InChI is InChI=1S/C21H33ClN4O2.HI/c1-5-23-20(24-14-19(27)28-21(2,3)4)25-18-10-12-26(13-11-18)15-16-6-8-17(22)9-7-16;/h6-9,18H,5,10-15H2,1-4H3,(H2,23,24,25);1H. The van der Waals surface area contributed by atoms with Gasteiger partial charge in [-0.05, 0) is 58.2 Å². The molecule has 0 unspecified atom stereocenters. The number of nitrogens with zero attached hydrogens (tertiary/aromatic N) is 2. The number of nitrogens with one attached hydrogen (secondary N) is 2. The predicted molar refractivity (Wildman–Crippen MR) is 130 cm³/mol. The van der Waals surface area contributed by atoms with Crippen molar-refractivity contribution in [2.75, 3.05) is 26.2 Å². The maximum atomic E-state index is 11.9. The first-order chi connectivity index (χ1) is 13.2. The van der Waals surface area contributed by atoms with E-state index in [2.05, 4.69) is 32.7 Å². The van der Waals surface area contributed by atoms with Crippen LogP contribution < -0.4 is 10.6 Å². The number of halogens is 2. The van der Waals surface area contributed by atoms with Gasteiger partial charge in [0.25, 0.3) is 0 Å². The van der Waals surface area contributed by atoms with Crippen LogP contribution in [0.1, 0.15) is 46.1 Å². The maximum Gasteiger partial charge on any atom is 0.328 e. The van der Waals surface area contributed by atoms with Crippen molar-refractivity contribution in [3.05, 3.63) is 34.9 Å². The van der Waals surface area contributed by atoms with Crippen molar-refractivity contribution >= 4 is 47.5 Å². The summed E-state index contributed by atoms with van der Waals surface area (Å²) in [5.74, 6) is 0.354. The lowest BCUT2D eigenvalue weighted by Crippen LogP contribution is -2.48. The lowest BCUT2D eigenvalue weighted by atomic mass is 10.0. The molecule has 2 rings (SSSR count). The normalized spacial score (nSPS) is 16.1. The van der Waals surface area contributed by atoms with E-state index in [0.717, 1.165) is 44.0 Å². The third-order valence-corrected chi connectivity index (χ3v) is 4.63. The van der Waals surface area contributed by atoms with Gasteiger partial charge in [-0.1, -0.05) is 23.7 Å². The van der Waals surface area contributed by atoms with Crippen LogP contribution in [0.5, 0.6) is 0 Å². The second kappa shape index (κ2) is 12.6. The number of carbonyl (C=O) groups is 1. The number of hydrogen-bond donors (Lipinski definition) is 2. The molecular weight excluding hydrogens is 503 g/mol. The molecule has 0 saturated carbocycles. The number of hydrogen-bond acceptors (Lipinski definition) is 4. The van der Waals surface area contributed by atoms with E-state index >= 15 is 0 Å². The third-order valence-electron chi connectivity index (χ3n) is 4.38. The van der Waals surface area contributed by atoms with E-state index in [0.29, 0.717) is 12.0 Å². The molecule has 1 aromatic carbocycles. The zero-order chi connectivity index (χ0) is 20.6. The van der Waals surface area contributed by atoms with Crippen molar-refractivity contribution in [3.8, 4) is 0 Å². The minimum atomic E-state index is -0.491. The van der Waals surface area contributed by atoms with Gasteiger partial charge < -0.3 is 15.4 Å². The van der Waals surface area contributed by atoms with Gasteiger partial charge in [0.05, 0.1) is 0 Å². The predicted octanol–water partition coefficient (Wildman–Crippen LogP) is 3.82. The van der Waals surface area contributed by atoms with Gasteiger partial charge in [0, 0.05) is 37.2 Å². The summed E-state index contributed by atoms with van der Waals surface area (Å²) in [5, 5.41) is 7.43. The second-order valence-electron chi connectivity index (χ2n) is 8.10. The molecule has 0 radical (unpaired) electrons. The van der Waals surface area contributed by atoms with E-state index < -0.39 is 5.60 Å². The monoisotopic (exact) mass is 536 g/mol. The van der Waals surface area contributed by atoms with Gasteiger partial charge in [-0.15, -0.1) is 24.0 Å². The Balaban J connectivity index is 0.00000420. The highest BCUT2D eigenvalue weighted by atomic mass is 127. The summed E-state index contributed by atoms with van der Waals surface area (Å²) in [6.45, 7) is 11.3. The molecule has 2 N–H and O–H groups in total. The molecule has 0 aromatic heterocycles. The molecule has 1 aromatic rings. The molecule has 0 atom stereocenters. The van der Waals surface area contributed by atoms with E-state index in [9.17, 15) is 4.79 Å². The quantitative estimate of drug-likeness (QED) is 0.250. The molecule has 6 nitrogen and oxygen atoms in total. The van der Waals surface area contributed by atoms with Crippen molar-refractivity contribution in [2.45, 2.75) is 58.7 Å². The van der Waals surface area contributed by atoms with E-state index in [1.807, 2.05) is 39.8 Å². The second-order valence-corrected chi connectivity index (χ2v) is 8.54. The van der Waals surface area contributed by atoms with Gasteiger partial charge in [0.15, 0.2) is 5.96 Å². The number of ether oxygens (including phenoxy) is 1. The van der Waals surface area contributed by atoms with Crippen LogP contribution in [0, 0.1) is 0 Å². The molecule has 1 heterocycles. The van der Waals surface area contributed by atoms with Gasteiger partial charge in [0.1, 0.15) is 12.1 Å². The summed E-state index contributed by atoms with van der Waals surface area (Å²) in [5.41, 5.74) is 0.790. The van der Waals surface area contributed by atoms with Crippen molar-refractivity contribution in [1.29, 1.82) is 0 Å². The van der Waals surface area contributed by atoms with Crippen LogP contribution in [0.15, 0.2) is 29.3 Å². The molecule has 29 heavy (non-hydrogen) atoms. The van der Waals surface area contributed by atoms with E-state index in [-0.39, 0.29) is 36.5 Å². The first-order valence-electron chi connectivity index (χ1n) is 9.98. The molecule has 8 heteroatoms. The number of rotatable bonds is 6. The minimum absolute atomic E-state index is 0. The highest BCUT2D eigenvalue weighted by molar-refractivity contribution is 14.0. The summed E-state index contributed by atoms with van der Waals surface area (Å²) >= 11 is 5.96. The van der Waals surface area contributed by atoms with Gasteiger partial charge in [-0.2, -0.15) is 0 Å². The zero-order valence-electron chi connectivity index (χ0n) is 17.8. The molecule has 0 aliphatic carbocycles. The van der Waals surface area contributed by atoms with Crippen LogP contribution in [0.25, 0.3) is 0 Å². The Bertz CT molecular complexity index is 654. The van der Waals surface area contributed by atoms with Crippen LogP contribution in [-0.4, -0.2) is 54.7 Å². The van der Waals surface area contributed by atoms with Gasteiger partial charge in [-0.3, -0.25) is 9.69 Å². The number of esters is 1. The van der Waals surface area contributed by atoms with Crippen LogP contribution in [-0.2, 0) is 16.1 Å². The molecule has 1 saturated heterocycles. The fourth-order valence-electron chi connectivity index (χ4n) is 3.11. The first-order valence-corrected chi connectivity index (χ1v) is 10.4. The lowest BCUT2D eigenvalue weighted by Gasteiger charge is -2.33. The number of aliphatic imine (C=N–C) groups is 1. The number of guanidine groups is 1. The number of likely N-dealkylation sites (tertiary alicyclic amines) is 1. The van der Waals surface area contributed by atoms with Crippen molar-refractivity contribution in [1.82, 2.24) is 15.5 Å².